The van der Waals surface area contributed by atoms with Crippen LogP contribution >= 0.6 is 12.2 Å². The molecule has 1 aromatic heterocycles. The zero-order valence-electron chi connectivity index (χ0n) is 12.0. The van der Waals surface area contributed by atoms with Crippen molar-refractivity contribution in [2.45, 2.75) is 13.8 Å². The van der Waals surface area contributed by atoms with Gasteiger partial charge in [0, 0.05) is 26.3 Å². The minimum atomic E-state index is 0.249. The van der Waals surface area contributed by atoms with E-state index in [0.29, 0.717) is 32.1 Å². The van der Waals surface area contributed by atoms with E-state index in [1.165, 1.54) is 0 Å². The van der Waals surface area contributed by atoms with Gasteiger partial charge in [0.25, 0.3) is 0 Å². The van der Waals surface area contributed by atoms with Crippen molar-refractivity contribution >= 4 is 23.0 Å². The summed E-state index contributed by atoms with van der Waals surface area (Å²) in [5.74, 6) is 0.768. The molecule has 20 heavy (non-hydrogen) atoms. The minimum absolute atomic E-state index is 0.249. The fourth-order valence-corrected chi connectivity index (χ4v) is 1.70. The number of aromatic nitrogens is 2. The van der Waals surface area contributed by atoms with Crippen molar-refractivity contribution in [1.29, 1.82) is 0 Å². The van der Waals surface area contributed by atoms with E-state index in [2.05, 4.69) is 14.9 Å². The number of anilines is 1. The van der Waals surface area contributed by atoms with E-state index >= 15 is 0 Å². The van der Waals surface area contributed by atoms with E-state index in [-0.39, 0.29) is 4.99 Å². The average Bonchev–Trinajstić information content (AvgIpc) is 2.46. The predicted molar refractivity (Wildman–Crippen MR) is 83.1 cm³/mol. The molecule has 1 heterocycles. The molecule has 0 bridgehead atoms. The molecule has 1 rings (SSSR count). The Balaban J connectivity index is 2.66. The third kappa shape index (κ3) is 5.77. The van der Waals surface area contributed by atoms with Crippen molar-refractivity contribution in [3.8, 4) is 0 Å². The Bertz CT molecular complexity index is 390. The highest BCUT2D eigenvalue weighted by Crippen LogP contribution is 2.08. The molecule has 0 radical (unpaired) electrons. The first-order valence-corrected chi connectivity index (χ1v) is 7.12. The molecule has 0 fully saturated rings. The van der Waals surface area contributed by atoms with Gasteiger partial charge in [-0.1, -0.05) is 12.2 Å². The highest BCUT2D eigenvalue weighted by atomic mass is 32.1. The quantitative estimate of drug-likeness (QED) is 0.510. The number of nitrogens with zero attached hydrogens (tertiary/aromatic N) is 3. The molecule has 0 amide bonds. The summed E-state index contributed by atoms with van der Waals surface area (Å²) in [6, 6.07) is 0. The lowest BCUT2D eigenvalue weighted by atomic mass is 10.4. The van der Waals surface area contributed by atoms with Crippen LogP contribution in [0.15, 0.2) is 12.4 Å². The third-order valence-electron chi connectivity index (χ3n) is 2.63. The summed E-state index contributed by atoms with van der Waals surface area (Å²) in [7, 11) is 0. The maximum Gasteiger partial charge on any atom is 0.147 e. The van der Waals surface area contributed by atoms with Crippen LogP contribution in [0.25, 0.3) is 0 Å². The fraction of sp³-hybridized carbons (Fsp3) is 0.615. The summed E-state index contributed by atoms with van der Waals surface area (Å²) < 4.78 is 10.8. The van der Waals surface area contributed by atoms with Crippen molar-refractivity contribution in [2.75, 3.05) is 44.4 Å². The minimum Gasteiger partial charge on any atom is -0.388 e. The molecule has 0 spiro atoms. The Morgan fingerprint density at radius 2 is 1.75 bits per heavy atom. The fourth-order valence-electron chi connectivity index (χ4n) is 1.59. The van der Waals surface area contributed by atoms with E-state index < -0.39 is 0 Å². The van der Waals surface area contributed by atoms with Crippen LogP contribution in [0.5, 0.6) is 0 Å². The zero-order chi connectivity index (χ0) is 14.8. The maximum absolute atomic E-state index is 5.51. The van der Waals surface area contributed by atoms with Crippen LogP contribution in [-0.2, 0) is 9.47 Å². The van der Waals surface area contributed by atoms with E-state index in [0.717, 1.165) is 18.9 Å². The summed E-state index contributed by atoms with van der Waals surface area (Å²) in [5.41, 5.74) is 6.04. The highest BCUT2D eigenvalue weighted by molar-refractivity contribution is 7.80. The van der Waals surface area contributed by atoms with Crippen molar-refractivity contribution in [2.24, 2.45) is 5.73 Å². The van der Waals surface area contributed by atoms with E-state index in [4.69, 9.17) is 27.4 Å². The van der Waals surface area contributed by atoms with Crippen molar-refractivity contribution in [3.63, 3.8) is 0 Å². The van der Waals surface area contributed by atoms with E-state index in [9.17, 15) is 0 Å². The summed E-state index contributed by atoms with van der Waals surface area (Å²) in [4.78, 5) is 10.9. The molecule has 0 saturated carbocycles. The second-order valence-corrected chi connectivity index (χ2v) is 4.44. The maximum atomic E-state index is 5.51. The van der Waals surface area contributed by atoms with Crippen LogP contribution in [0.2, 0.25) is 0 Å². The van der Waals surface area contributed by atoms with Gasteiger partial charge in [0.2, 0.25) is 0 Å². The van der Waals surface area contributed by atoms with Crippen LogP contribution in [0, 0.1) is 0 Å². The topological polar surface area (TPSA) is 73.5 Å². The van der Waals surface area contributed by atoms with Gasteiger partial charge >= 0.3 is 0 Å². The largest absolute Gasteiger partial charge is 0.388 e. The molecule has 0 aromatic carbocycles. The second-order valence-electron chi connectivity index (χ2n) is 4.00. The molecule has 0 atom stereocenters. The number of rotatable bonds is 10. The summed E-state index contributed by atoms with van der Waals surface area (Å²) in [6.07, 6.45) is 3.26. The second kappa shape index (κ2) is 9.57. The lowest BCUT2D eigenvalue weighted by molar-refractivity contribution is 0.141. The molecule has 0 unspecified atom stereocenters. The van der Waals surface area contributed by atoms with Crippen LogP contribution in [0.1, 0.15) is 19.5 Å². The van der Waals surface area contributed by atoms with Crippen LogP contribution in [0.4, 0.5) is 5.82 Å². The molecule has 0 aliphatic carbocycles. The number of nitrogens with two attached hydrogens (primary N) is 1. The van der Waals surface area contributed by atoms with Crippen LogP contribution in [0.3, 0.4) is 0 Å². The molecule has 7 heteroatoms. The molecule has 112 valence electrons. The van der Waals surface area contributed by atoms with Crippen molar-refractivity contribution in [3.05, 3.63) is 18.1 Å². The predicted octanol–water partition coefficient (Wildman–Crippen LogP) is 0.990. The average molecular weight is 298 g/mol. The zero-order valence-corrected chi connectivity index (χ0v) is 12.9. The lowest BCUT2D eigenvalue weighted by Crippen LogP contribution is -2.32. The molecule has 0 aliphatic rings. The van der Waals surface area contributed by atoms with Crippen molar-refractivity contribution < 1.29 is 9.47 Å². The standard InChI is InChI=1S/C13H22N4O2S/c1-3-18-7-5-17(6-8-19-4-2)12-10-15-11(9-16-12)13(14)20/h9-10H,3-8H2,1-2H3,(H2,14,20). The first-order valence-electron chi connectivity index (χ1n) is 6.71. The third-order valence-corrected chi connectivity index (χ3v) is 2.84. The number of hydrogen-bond donors (Lipinski definition) is 1. The molecule has 6 nitrogen and oxygen atoms in total. The highest BCUT2D eigenvalue weighted by Gasteiger charge is 2.09. The van der Waals surface area contributed by atoms with Gasteiger partial charge in [0.05, 0.1) is 25.6 Å². The summed E-state index contributed by atoms with van der Waals surface area (Å²) in [5, 5.41) is 0. The van der Waals surface area contributed by atoms with E-state index in [1.807, 2.05) is 13.8 Å². The smallest absolute Gasteiger partial charge is 0.147 e. The molecular weight excluding hydrogens is 276 g/mol. The molecule has 1 aromatic rings. The van der Waals surface area contributed by atoms with Gasteiger partial charge in [-0.15, -0.1) is 0 Å². The van der Waals surface area contributed by atoms with Crippen molar-refractivity contribution in [1.82, 2.24) is 9.97 Å². The van der Waals surface area contributed by atoms with Gasteiger partial charge in [-0.25, -0.2) is 9.97 Å². The van der Waals surface area contributed by atoms with Gasteiger partial charge < -0.3 is 20.1 Å². The number of hydrogen-bond acceptors (Lipinski definition) is 6. The Morgan fingerprint density at radius 1 is 1.15 bits per heavy atom. The van der Waals surface area contributed by atoms with Gasteiger partial charge in [-0.2, -0.15) is 0 Å². The van der Waals surface area contributed by atoms with Gasteiger partial charge in [0.15, 0.2) is 0 Å². The first kappa shape index (κ1) is 16.7. The van der Waals surface area contributed by atoms with Gasteiger partial charge in [0.1, 0.15) is 16.5 Å². The monoisotopic (exact) mass is 298 g/mol. The Morgan fingerprint density at radius 3 is 2.15 bits per heavy atom. The molecular formula is C13H22N4O2S. The van der Waals surface area contributed by atoms with E-state index in [1.54, 1.807) is 12.4 Å². The Hall–Kier alpha value is -1.31. The van der Waals surface area contributed by atoms with Crippen LogP contribution in [-0.4, -0.2) is 54.5 Å². The lowest BCUT2D eigenvalue weighted by Gasteiger charge is -2.23. The van der Waals surface area contributed by atoms with Gasteiger partial charge in [-0.3, -0.25) is 0 Å². The SMILES string of the molecule is CCOCCN(CCOCC)c1cnc(C(N)=S)cn1. The first-order chi connectivity index (χ1) is 9.69. The summed E-state index contributed by atoms with van der Waals surface area (Å²) >= 11 is 4.86. The molecule has 0 aliphatic heterocycles. The Labute approximate surface area is 125 Å². The normalized spacial score (nSPS) is 10.5. The number of ether oxygens (including phenoxy) is 2. The molecule has 2 N–H and O–H groups in total. The Kier molecular flexibility index (Phi) is 8.01. The summed E-state index contributed by atoms with van der Waals surface area (Å²) in [6.45, 7) is 8.10. The number of thiocarbonyl (C=S) groups is 1. The van der Waals surface area contributed by atoms with Gasteiger partial charge in [-0.05, 0) is 13.8 Å². The van der Waals surface area contributed by atoms with Crippen LogP contribution < -0.4 is 10.6 Å². The molecule has 0 saturated heterocycles.